The standard InChI is InChI=1S/C13H17N3O2/c1-18-13-5-3-2-4-12(13)14-8-11-9-15-16(10-11)6-7-17/h2-5,9-10,14,17H,6-8H2,1H3. The molecule has 0 bridgehead atoms. The Labute approximate surface area is 106 Å². The van der Waals surface area contributed by atoms with Crippen molar-refractivity contribution in [1.82, 2.24) is 9.78 Å². The molecule has 1 aromatic carbocycles. The second-order valence-electron chi connectivity index (χ2n) is 3.89. The van der Waals surface area contributed by atoms with Crippen molar-refractivity contribution in [3.05, 3.63) is 42.2 Å². The highest BCUT2D eigenvalue weighted by atomic mass is 16.5. The maximum absolute atomic E-state index is 8.81. The van der Waals surface area contributed by atoms with E-state index in [2.05, 4.69) is 10.4 Å². The number of para-hydroxylation sites is 2. The van der Waals surface area contributed by atoms with Crippen LogP contribution >= 0.6 is 0 Å². The first kappa shape index (κ1) is 12.4. The largest absolute Gasteiger partial charge is 0.495 e. The van der Waals surface area contributed by atoms with Crippen LogP contribution in [-0.4, -0.2) is 28.6 Å². The van der Waals surface area contributed by atoms with Gasteiger partial charge in [-0.25, -0.2) is 0 Å². The quantitative estimate of drug-likeness (QED) is 0.812. The van der Waals surface area contributed by atoms with Crippen LogP contribution in [0.15, 0.2) is 36.7 Å². The van der Waals surface area contributed by atoms with Crippen LogP contribution in [0.1, 0.15) is 5.56 Å². The van der Waals surface area contributed by atoms with Crippen LogP contribution in [-0.2, 0) is 13.1 Å². The third-order valence-corrected chi connectivity index (χ3v) is 2.61. The highest BCUT2D eigenvalue weighted by Crippen LogP contribution is 2.23. The summed E-state index contributed by atoms with van der Waals surface area (Å²) in [6.45, 7) is 1.29. The van der Waals surface area contributed by atoms with E-state index in [4.69, 9.17) is 9.84 Å². The first-order chi connectivity index (χ1) is 8.83. The fourth-order valence-corrected chi connectivity index (χ4v) is 1.71. The van der Waals surface area contributed by atoms with Gasteiger partial charge in [0, 0.05) is 18.3 Å². The second kappa shape index (κ2) is 6.07. The van der Waals surface area contributed by atoms with Gasteiger partial charge in [0.05, 0.1) is 32.1 Å². The molecule has 0 aliphatic rings. The Morgan fingerprint density at radius 1 is 1.39 bits per heavy atom. The van der Waals surface area contributed by atoms with Gasteiger partial charge in [-0.05, 0) is 12.1 Å². The van der Waals surface area contributed by atoms with Gasteiger partial charge < -0.3 is 15.2 Å². The van der Waals surface area contributed by atoms with Crippen molar-refractivity contribution in [2.75, 3.05) is 19.0 Å². The maximum Gasteiger partial charge on any atom is 0.141 e. The first-order valence-corrected chi connectivity index (χ1v) is 5.82. The van der Waals surface area contributed by atoms with Crippen LogP contribution in [0.2, 0.25) is 0 Å². The van der Waals surface area contributed by atoms with Crippen molar-refractivity contribution in [3.63, 3.8) is 0 Å². The lowest BCUT2D eigenvalue weighted by molar-refractivity contribution is 0.269. The van der Waals surface area contributed by atoms with Gasteiger partial charge in [0.25, 0.3) is 0 Å². The molecular weight excluding hydrogens is 230 g/mol. The second-order valence-corrected chi connectivity index (χ2v) is 3.89. The third-order valence-electron chi connectivity index (χ3n) is 2.61. The SMILES string of the molecule is COc1ccccc1NCc1cnn(CCO)c1. The Kier molecular flexibility index (Phi) is 4.20. The number of hydrogen-bond donors (Lipinski definition) is 2. The molecule has 0 atom stereocenters. The first-order valence-electron chi connectivity index (χ1n) is 5.82. The van der Waals surface area contributed by atoms with E-state index in [1.807, 2.05) is 30.5 Å². The smallest absolute Gasteiger partial charge is 0.141 e. The molecule has 18 heavy (non-hydrogen) atoms. The molecule has 0 aliphatic heterocycles. The Hall–Kier alpha value is -2.01. The summed E-state index contributed by atoms with van der Waals surface area (Å²) in [5, 5.41) is 16.3. The highest BCUT2D eigenvalue weighted by molar-refractivity contribution is 5.56. The molecule has 0 fully saturated rings. The van der Waals surface area contributed by atoms with Crippen LogP contribution in [0.5, 0.6) is 5.75 Å². The lowest BCUT2D eigenvalue weighted by Crippen LogP contribution is -2.02. The molecule has 0 saturated carbocycles. The summed E-state index contributed by atoms with van der Waals surface area (Å²) >= 11 is 0. The Bertz CT molecular complexity index is 496. The summed E-state index contributed by atoms with van der Waals surface area (Å²) in [5.74, 6) is 0.820. The summed E-state index contributed by atoms with van der Waals surface area (Å²) in [6.07, 6.45) is 3.71. The molecule has 96 valence electrons. The molecule has 2 aromatic rings. The van der Waals surface area contributed by atoms with Crippen molar-refractivity contribution in [3.8, 4) is 5.75 Å². The van der Waals surface area contributed by atoms with E-state index < -0.39 is 0 Å². The van der Waals surface area contributed by atoms with Crippen LogP contribution < -0.4 is 10.1 Å². The molecule has 0 aliphatic carbocycles. The normalized spacial score (nSPS) is 10.3. The van der Waals surface area contributed by atoms with Crippen molar-refractivity contribution in [2.45, 2.75) is 13.1 Å². The van der Waals surface area contributed by atoms with Gasteiger partial charge in [0.1, 0.15) is 5.75 Å². The van der Waals surface area contributed by atoms with E-state index in [0.29, 0.717) is 13.1 Å². The van der Waals surface area contributed by atoms with Gasteiger partial charge in [0.2, 0.25) is 0 Å². The monoisotopic (exact) mass is 247 g/mol. The minimum atomic E-state index is 0.0983. The van der Waals surface area contributed by atoms with Crippen molar-refractivity contribution < 1.29 is 9.84 Å². The van der Waals surface area contributed by atoms with Gasteiger partial charge in [-0.1, -0.05) is 12.1 Å². The molecule has 0 radical (unpaired) electrons. The molecule has 5 heteroatoms. The number of ether oxygens (including phenoxy) is 1. The number of benzene rings is 1. The summed E-state index contributed by atoms with van der Waals surface area (Å²) in [4.78, 5) is 0. The van der Waals surface area contributed by atoms with Crippen molar-refractivity contribution >= 4 is 5.69 Å². The molecular formula is C13H17N3O2. The average molecular weight is 247 g/mol. The highest BCUT2D eigenvalue weighted by Gasteiger charge is 2.02. The zero-order chi connectivity index (χ0) is 12.8. The number of aromatic nitrogens is 2. The fourth-order valence-electron chi connectivity index (χ4n) is 1.71. The van der Waals surface area contributed by atoms with Crippen LogP contribution in [0.4, 0.5) is 5.69 Å². The third kappa shape index (κ3) is 3.01. The van der Waals surface area contributed by atoms with E-state index in [-0.39, 0.29) is 6.61 Å². The number of nitrogens with zero attached hydrogens (tertiary/aromatic N) is 2. The number of aliphatic hydroxyl groups is 1. The van der Waals surface area contributed by atoms with E-state index in [0.717, 1.165) is 17.0 Å². The number of anilines is 1. The molecule has 1 heterocycles. The number of aliphatic hydroxyl groups excluding tert-OH is 1. The predicted octanol–water partition coefficient (Wildman–Crippen LogP) is 1.50. The van der Waals surface area contributed by atoms with Gasteiger partial charge in [-0.15, -0.1) is 0 Å². The van der Waals surface area contributed by atoms with Gasteiger partial charge in [0.15, 0.2) is 0 Å². The number of nitrogens with one attached hydrogen (secondary N) is 1. The van der Waals surface area contributed by atoms with Crippen LogP contribution in [0.3, 0.4) is 0 Å². The number of hydrogen-bond acceptors (Lipinski definition) is 4. The molecule has 1 aromatic heterocycles. The summed E-state index contributed by atoms with van der Waals surface area (Å²) in [5.41, 5.74) is 2.02. The lowest BCUT2D eigenvalue weighted by atomic mass is 10.2. The molecule has 5 nitrogen and oxygen atoms in total. The van der Waals surface area contributed by atoms with Gasteiger partial charge >= 0.3 is 0 Å². The molecule has 2 N–H and O–H groups in total. The molecule has 0 spiro atoms. The topological polar surface area (TPSA) is 59.3 Å². The molecule has 0 amide bonds. The molecule has 0 saturated heterocycles. The summed E-state index contributed by atoms with van der Waals surface area (Å²) in [7, 11) is 1.65. The summed E-state index contributed by atoms with van der Waals surface area (Å²) < 4.78 is 6.98. The fraction of sp³-hybridized carbons (Fsp3) is 0.308. The van der Waals surface area contributed by atoms with Crippen LogP contribution in [0, 0.1) is 0 Å². The minimum absolute atomic E-state index is 0.0983. The van der Waals surface area contributed by atoms with E-state index >= 15 is 0 Å². The number of rotatable bonds is 6. The lowest BCUT2D eigenvalue weighted by Gasteiger charge is -2.09. The molecule has 0 unspecified atom stereocenters. The average Bonchev–Trinajstić information content (AvgIpc) is 2.85. The minimum Gasteiger partial charge on any atom is -0.495 e. The maximum atomic E-state index is 8.81. The van der Waals surface area contributed by atoms with Gasteiger partial charge in [-0.3, -0.25) is 4.68 Å². The zero-order valence-corrected chi connectivity index (χ0v) is 10.3. The van der Waals surface area contributed by atoms with E-state index in [1.165, 1.54) is 0 Å². The predicted molar refractivity (Wildman–Crippen MR) is 69.6 cm³/mol. The van der Waals surface area contributed by atoms with Crippen LogP contribution in [0.25, 0.3) is 0 Å². The molecule has 2 rings (SSSR count). The van der Waals surface area contributed by atoms with Crippen molar-refractivity contribution in [2.24, 2.45) is 0 Å². The Morgan fingerprint density at radius 3 is 3.00 bits per heavy atom. The van der Waals surface area contributed by atoms with Gasteiger partial charge in [-0.2, -0.15) is 5.10 Å². The number of methoxy groups -OCH3 is 1. The Balaban J connectivity index is 1.97. The summed E-state index contributed by atoms with van der Waals surface area (Å²) in [6, 6.07) is 7.78. The van der Waals surface area contributed by atoms with Crippen molar-refractivity contribution in [1.29, 1.82) is 0 Å². The van der Waals surface area contributed by atoms with E-state index in [9.17, 15) is 0 Å². The Morgan fingerprint density at radius 2 is 2.22 bits per heavy atom. The zero-order valence-electron chi connectivity index (χ0n) is 10.3. The van der Waals surface area contributed by atoms with E-state index in [1.54, 1.807) is 18.0 Å².